The standard InChI is InChI=1S/C16H26N2O/c1-17(11-12-19)14-16-9-5-6-10-18(16)13-15-7-3-2-4-8-15/h2-4,7-8,16,19H,5-6,9-14H2,1H3/t16-/m0/s1. The molecule has 3 heteroatoms. The number of hydrogen-bond acceptors (Lipinski definition) is 3. The monoisotopic (exact) mass is 262 g/mol. The molecule has 0 aliphatic carbocycles. The molecule has 1 N–H and O–H groups in total. The largest absolute Gasteiger partial charge is 0.395 e. The minimum atomic E-state index is 0.252. The van der Waals surface area contributed by atoms with Crippen LogP contribution in [0.3, 0.4) is 0 Å². The van der Waals surface area contributed by atoms with Gasteiger partial charge in [0.15, 0.2) is 0 Å². The Balaban J connectivity index is 1.92. The molecular formula is C16H26N2O. The van der Waals surface area contributed by atoms with Gasteiger partial charge in [0, 0.05) is 25.7 Å². The molecule has 0 radical (unpaired) electrons. The molecule has 1 fully saturated rings. The molecule has 1 atom stereocenters. The van der Waals surface area contributed by atoms with Crippen LogP contribution in [0.4, 0.5) is 0 Å². The Labute approximate surface area is 116 Å². The summed E-state index contributed by atoms with van der Waals surface area (Å²) in [5.74, 6) is 0. The zero-order chi connectivity index (χ0) is 13.5. The van der Waals surface area contributed by atoms with Gasteiger partial charge in [-0.25, -0.2) is 0 Å². The Morgan fingerprint density at radius 3 is 2.79 bits per heavy atom. The maximum Gasteiger partial charge on any atom is 0.0558 e. The van der Waals surface area contributed by atoms with E-state index in [0.29, 0.717) is 6.04 Å². The van der Waals surface area contributed by atoms with Gasteiger partial charge in [-0.2, -0.15) is 0 Å². The van der Waals surface area contributed by atoms with Crippen LogP contribution in [0.5, 0.6) is 0 Å². The van der Waals surface area contributed by atoms with E-state index in [4.69, 9.17) is 5.11 Å². The predicted octanol–water partition coefficient (Wildman–Crippen LogP) is 1.97. The summed E-state index contributed by atoms with van der Waals surface area (Å²) in [6, 6.07) is 11.4. The number of benzene rings is 1. The number of likely N-dealkylation sites (tertiary alicyclic amines) is 1. The average Bonchev–Trinajstić information content (AvgIpc) is 2.42. The summed E-state index contributed by atoms with van der Waals surface area (Å²) in [6.45, 7) is 4.34. The molecule has 1 aliphatic rings. The van der Waals surface area contributed by atoms with E-state index >= 15 is 0 Å². The lowest BCUT2D eigenvalue weighted by molar-refractivity contribution is 0.0996. The van der Waals surface area contributed by atoms with Crippen molar-refractivity contribution in [3.8, 4) is 0 Å². The van der Waals surface area contributed by atoms with E-state index in [2.05, 4.69) is 47.2 Å². The fourth-order valence-corrected chi connectivity index (χ4v) is 2.91. The van der Waals surface area contributed by atoms with E-state index in [-0.39, 0.29) is 6.61 Å². The van der Waals surface area contributed by atoms with Crippen LogP contribution in [0, 0.1) is 0 Å². The lowest BCUT2D eigenvalue weighted by Gasteiger charge is -2.37. The summed E-state index contributed by atoms with van der Waals surface area (Å²) in [5, 5.41) is 9.01. The summed E-state index contributed by atoms with van der Waals surface area (Å²) in [6.07, 6.45) is 3.93. The van der Waals surface area contributed by atoms with Crippen molar-refractivity contribution in [3.63, 3.8) is 0 Å². The molecular weight excluding hydrogens is 236 g/mol. The highest BCUT2D eigenvalue weighted by Crippen LogP contribution is 2.20. The van der Waals surface area contributed by atoms with Crippen LogP contribution >= 0.6 is 0 Å². The summed E-state index contributed by atoms with van der Waals surface area (Å²) >= 11 is 0. The van der Waals surface area contributed by atoms with Crippen molar-refractivity contribution in [3.05, 3.63) is 35.9 Å². The van der Waals surface area contributed by atoms with Gasteiger partial charge in [-0.15, -0.1) is 0 Å². The van der Waals surface area contributed by atoms with Crippen molar-refractivity contribution >= 4 is 0 Å². The Kier molecular flexibility index (Phi) is 5.83. The van der Waals surface area contributed by atoms with Crippen LogP contribution in [0.15, 0.2) is 30.3 Å². The number of piperidine rings is 1. The molecule has 106 valence electrons. The molecule has 1 heterocycles. The van der Waals surface area contributed by atoms with Gasteiger partial charge in [0.1, 0.15) is 0 Å². The molecule has 0 amide bonds. The quantitative estimate of drug-likeness (QED) is 0.849. The maximum atomic E-state index is 9.01. The first-order valence-electron chi connectivity index (χ1n) is 7.37. The number of hydrogen-bond donors (Lipinski definition) is 1. The van der Waals surface area contributed by atoms with Crippen LogP contribution in [0.25, 0.3) is 0 Å². The molecule has 0 aromatic heterocycles. The van der Waals surface area contributed by atoms with Crippen LogP contribution < -0.4 is 0 Å². The average molecular weight is 262 g/mol. The van der Waals surface area contributed by atoms with Gasteiger partial charge >= 0.3 is 0 Å². The molecule has 0 spiro atoms. The zero-order valence-electron chi connectivity index (χ0n) is 12.0. The molecule has 0 bridgehead atoms. The normalized spacial score (nSPS) is 20.9. The first kappa shape index (κ1) is 14.5. The summed E-state index contributed by atoms with van der Waals surface area (Å²) < 4.78 is 0. The second kappa shape index (κ2) is 7.63. The third-order valence-corrected chi connectivity index (χ3v) is 3.98. The number of rotatable bonds is 6. The van der Waals surface area contributed by atoms with Crippen molar-refractivity contribution in [1.82, 2.24) is 9.80 Å². The predicted molar refractivity (Wildman–Crippen MR) is 79.1 cm³/mol. The third-order valence-electron chi connectivity index (χ3n) is 3.98. The van der Waals surface area contributed by atoms with Gasteiger partial charge in [-0.3, -0.25) is 4.90 Å². The van der Waals surface area contributed by atoms with Crippen molar-refractivity contribution in [2.75, 3.05) is 33.3 Å². The lowest BCUT2D eigenvalue weighted by atomic mass is 10.0. The Morgan fingerprint density at radius 2 is 2.05 bits per heavy atom. The number of aliphatic hydroxyl groups is 1. The summed E-state index contributed by atoms with van der Waals surface area (Å²) in [5.41, 5.74) is 1.40. The smallest absolute Gasteiger partial charge is 0.0558 e. The molecule has 19 heavy (non-hydrogen) atoms. The van der Waals surface area contributed by atoms with Crippen molar-refractivity contribution in [2.45, 2.75) is 31.8 Å². The third kappa shape index (κ3) is 4.60. The van der Waals surface area contributed by atoms with Crippen LogP contribution in [-0.4, -0.2) is 54.2 Å². The second-order valence-corrected chi connectivity index (χ2v) is 5.59. The molecule has 0 saturated carbocycles. The number of aliphatic hydroxyl groups excluding tert-OH is 1. The molecule has 1 saturated heterocycles. The van der Waals surface area contributed by atoms with E-state index in [1.807, 2.05) is 0 Å². The second-order valence-electron chi connectivity index (χ2n) is 5.59. The fourth-order valence-electron chi connectivity index (χ4n) is 2.91. The minimum absolute atomic E-state index is 0.252. The molecule has 2 rings (SSSR count). The van der Waals surface area contributed by atoms with Gasteiger partial charge in [0.2, 0.25) is 0 Å². The van der Waals surface area contributed by atoms with E-state index in [0.717, 1.165) is 19.6 Å². The fraction of sp³-hybridized carbons (Fsp3) is 0.625. The van der Waals surface area contributed by atoms with E-state index in [1.165, 1.54) is 31.4 Å². The Bertz CT molecular complexity index is 355. The molecule has 1 aromatic carbocycles. The molecule has 1 aromatic rings. The van der Waals surface area contributed by atoms with Crippen LogP contribution in [0.2, 0.25) is 0 Å². The van der Waals surface area contributed by atoms with E-state index in [9.17, 15) is 0 Å². The highest BCUT2D eigenvalue weighted by Gasteiger charge is 2.23. The van der Waals surface area contributed by atoms with Crippen molar-refractivity contribution < 1.29 is 5.11 Å². The SMILES string of the molecule is CN(CCO)C[C@@H]1CCCCN1Cc1ccccc1. The molecule has 1 aliphatic heterocycles. The van der Waals surface area contributed by atoms with Gasteiger partial charge in [0.25, 0.3) is 0 Å². The highest BCUT2D eigenvalue weighted by atomic mass is 16.3. The van der Waals surface area contributed by atoms with E-state index < -0.39 is 0 Å². The Hall–Kier alpha value is -0.900. The first-order chi connectivity index (χ1) is 9.29. The van der Waals surface area contributed by atoms with Gasteiger partial charge in [0.05, 0.1) is 6.61 Å². The number of likely N-dealkylation sites (N-methyl/N-ethyl adjacent to an activating group) is 1. The summed E-state index contributed by atoms with van der Waals surface area (Å²) in [4.78, 5) is 4.85. The topological polar surface area (TPSA) is 26.7 Å². The maximum absolute atomic E-state index is 9.01. The van der Waals surface area contributed by atoms with Gasteiger partial charge in [-0.05, 0) is 32.0 Å². The summed E-state index contributed by atoms with van der Waals surface area (Å²) in [7, 11) is 2.10. The zero-order valence-corrected chi connectivity index (χ0v) is 12.0. The van der Waals surface area contributed by atoms with Gasteiger partial charge in [-0.1, -0.05) is 36.8 Å². The highest BCUT2D eigenvalue weighted by molar-refractivity contribution is 5.14. The van der Waals surface area contributed by atoms with E-state index in [1.54, 1.807) is 0 Å². The van der Waals surface area contributed by atoms with Crippen LogP contribution in [0.1, 0.15) is 24.8 Å². The molecule has 0 unspecified atom stereocenters. The van der Waals surface area contributed by atoms with Crippen molar-refractivity contribution in [2.24, 2.45) is 0 Å². The van der Waals surface area contributed by atoms with Crippen LogP contribution in [-0.2, 0) is 6.54 Å². The van der Waals surface area contributed by atoms with Crippen molar-refractivity contribution in [1.29, 1.82) is 0 Å². The minimum Gasteiger partial charge on any atom is -0.395 e. The molecule has 3 nitrogen and oxygen atoms in total. The Morgan fingerprint density at radius 1 is 1.26 bits per heavy atom. The lowest BCUT2D eigenvalue weighted by Crippen LogP contribution is -2.45. The first-order valence-corrected chi connectivity index (χ1v) is 7.37. The van der Waals surface area contributed by atoms with Gasteiger partial charge < -0.3 is 10.0 Å². The number of nitrogens with zero attached hydrogens (tertiary/aromatic N) is 2.